The molecule has 1 N–H and O–H groups in total. The Bertz CT molecular complexity index is 301. The van der Waals surface area contributed by atoms with Crippen LogP contribution in [0.3, 0.4) is 0 Å². The zero-order chi connectivity index (χ0) is 11.2. The van der Waals surface area contributed by atoms with Crippen molar-refractivity contribution in [2.45, 2.75) is 25.5 Å². The van der Waals surface area contributed by atoms with Crippen LogP contribution >= 0.6 is 0 Å². The molecule has 1 aliphatic heterocycles. The highest BCUT2D eigenvalue weighted by Gasteiger charge is 2.16. The number of nitrogens with zero attached hydrogens (tertiary/aromatic N) is 2. The van der Waals surface area contributed by atoms with Crippen LogP contribution in [0, 0.1) is 0 Å². The lowest BCUT2D eigenvalue weighted by Crippen LogP contribution is -2.26. The molecule has 1 saturated heterocycles. The second-order valence-electron chi connectivity index (χ2n) is 3.94. The molecule has 0 spiro atoms. The van der Waals surface area contributed by atoms with Crippen molar-refractivity contribution in [1.29, 1.82) is 0 Å². The van der Waals surface area contributed by atoms with Gasteiger partial charge in [-0.2, -0.15) is 0 Å². The summed E-state index contributed by atoms with van der Waals surface area (Å²) in [4.78, 5) is 8.19. The standard InChI is InChI=1S/C11H17N3O2/c1-9(7-16-10-3-6-15-8-10)14-11-12-4-2-5-13-11/h2,4-5,9-10H,3,6-8H2,1H3,(H,12,13,14). The summed E-state index contributed by atoms with van der Waals surface area (Å²) in [6.07, 6.45) is 4.68. The Balaban J connectivity index is 1.69. The van der Waals surface area contributed by atoms with Gasteiger partial charge in [-0.1, -0.05) is 0 Å². The van der Waals surface area contributed by atoms with Gasteiger partial charge in [0.1, 0.15) is 0 Å². The highest BCUT2D eigenvalue weighted by atomic mass is 16.5. The summed E-state index contributed by atoms with van der Waals surface area (Å²) in [5.74, 6) is 0.640. The summed E-state index contributed by atoms with van der Waals surface area (Å²) in [6.45, 7) is 4.22. The van der Waals surface area contributed by atoms with Crippen LogP contribution in [-0.4, -0.2) is 41.9 Å². The lowest BCUT2D eigenvalue weighted by atomic mass is 10.3. The molecule has 0 saturated carbocycles. The Kier molecular flexibility index (Phi) is 4.07. The van der Waals surface area contributed by atoms with E-state index in [1.54, 1.807) is 18.5 Å². The molecule has 0 bridgehead atoms. The van der Waals surface area contributed by atoms with Crippen LogP contribution < -0.4 is 5.32 Å². The zero-order valence-electron chi connectivity index (χ0n) is 9.43. The number of ether oxygens (including phenoxy) is 2. The first-order valence-corrected chi connectivity index (χ1v) is 5.57. The van der Waals surface area contributed by atoms with Gasteiger partial charge in [-0.25, -0.2) is 9.97 Å². The highest BCUT2D eigenvalue weighted by molar-refractivity contribution is 5.23. The first-order chi connectivity index (χ1) is 7.84. The van der Waals surface area contributed by atoms with Crippen molar-refractivity contribution in [2.24, 2.45) is 0 Å². The van der Waals surface area contributed by atoms with Gasteiger partial charge in [0.2, 0.25) is 5.95 Å². The van der Waals surface area contributed by atoms with Gasteiger partial charge in [-0.15, -0.1) is 0 Å². The van der Waals surface area contributed by atoms with Crippen molar-refractivity contribution in [3.63, 3.8) is 0 Å². The van der Waals surface area contributed by atoms with Gasteiger partial charge in [0.15, 0.2) is 0 Å². The average molecular weight is 223 g/mol. The predicted octanol–water partition coefficient (Wildman–Crippen LogP) is 1.08. The van der Waals surface area contributed by atoms with E-state index in [2.05, 4.69) is 15.3 Å². The summed E-state index contributed by atoms with van der Waals surface area (Å²) in [6, 6.07) is 1.99. The lowest BCUT2D eigenvalue weighted by Gasteiger charge is -2.16. The van der Waals surface area contributed by atoms with Gasteiger partial charge in [0, 0.05) is 25.0 Å². The lowest BCUT2D eigenvalue weighted by molar-refractivity contribution is 0.0394. The molecule has 1 aromatic heterocycles. The van der Waals surface area contributed by atoms with Crippen molar-refractivity contribution in [3.8, 4) is 0 Å². The van der Waals surface area contributed by atoms with E-state index in [0.29, 0.717) is 19.2 Å². The molecule has 0 aliphatic carbocycles. The number of aromatic nitrogens is 2. The highest BCUT2D eigenvalue weighted by Crippen LogP contribution is 2.09. The minimum Gasteiger partial charge on any atom is -0.379 e. The van der Waals surface area contributed by atoms with Crippen molar-refractivity contribution in [2.75, 3.05) is 25.1 Å². The van der Waals surface area contributed by atoms with E-state index >= 15 is 0 Å². The van der Waals surface area contributed by atoms with Crippen LogP contribution in [0.5, 0.6) is 0 Å². The molecule has 5 heteroatoms. The van der Waals surface area contributed by atoms with Crippen LogP contribution in [0.4, 0.5) is 5.95 Å². The fourth-order valence-electron chi connectivity index (χ4n) is 1.56. The summed E-state index contributed by atoms with van der Waals surface area (Å²) in [5, 5.41) is 3.18. The van der Waals surface area contributed by atoms with Crippen LogP contribution in [0.25, 0.3) is 0 Å². The van der Waals surface area contributed by atoms with Crippen LogP contribution in [-0.2, 0) is 9.47 Å². The van der Waals surface area contributed by atoms with Crippen molar-refractivity contribution < 1.29 is 9.47 Å². The number of nitrogens with one attached hydrogen (secondary N) is 1. The molecule has 1 aliphatic rings. The second kappa shape index (κ2) is 5.77. The van der Waals surface area contributed by atoms with E-state index in [9.17, 15) is 0 Å². The molecule has 0 radical (unpaired) electrons. The molecule has 16 heavy (non-hydrogen) atoms. The van der Waals surface area contributed by atoms with Crippen molar-refractivity contribution in [3.05, 3.63) is 18.5 Å². The molecule has 5 nitrogen and oxygen atoms in total. The zero-order valence-corrected chi connectivity index (χ0v) is 9.43. The first-order valence-electron chi connectivity index (χ1n) is 5.57. The normalized spacial score (nSPS) is 21.9. The third-order valence-corrected chi connectivity index (χ3v) is 2.41. The van der Waals surface area contributed by atoms with Gasteiger partial charge in [-0.3, -0.25) is 0 Å². The molecule has 88 valence electrons. The summed E-state index contributed by atoms with van der Waals surface area (Å²) >= 11 is 0. The van der Waals surface area contributed by atoms with E-state index in [0.717, 1.165) is 13.0 Å². The van der Waals surface area contributed by atoms with Gasteiger partial charge >= 0.3 is 0 Å². The van der Waals surface area contributed by atoms with Crippen LogP contribution in [0.15, 0.2) is 18.5 Å². The summed E-state index contributed by atoms with van der Waals surface area (Å²) in [5.41, 5.74) is 0. The minimum atomic E-state index is 0.197. The molecule has 2 heterocycles. The average Bonchev–Trinajstić information content (AvgIpc) is 2.81. The number of anilines is 1. The van der Waals surface area contributed by atoms with Gasteiger partial charge in [0.25, 0.3) is 0 Å². The monoisotopic (exact) mass is 223 g/mol. The fraction of sp³-hybridized carbons (Fsp3) is 0.636. The van der Waals surface area contributed by atoms with Gasteiger partial charge < -0.3 is 14.8 Å². The maximum Gasteiger partial charge on any atom is 0.222 e. The van der Waals surface area contributed by atoms with Crippen molar-refractivity contribution in [1.82, 2.24) is 9.97 Å². The maximum absolute atomic E-state index is 5.69. The molecule has 2 unspecified atom stereocenters. The molecule has 0 aromatic carbocycles. The molecule has 2 atom stereocenters. The first kappa shape index (κ1) is 11.3. The molecule has 0 amide bonds. The van der Waals surface area contributed by atoms with E-state index in [1.807, 2.05) is 6.92 Å². The number of hydrogen-bond donors (Lipinski definition) is 1. The van der Waals surface area contributed by atoms with Crippen molar-refractivity contribution >= 4 is 5.95 Å². The summed E-state index contributed by atoms with van der Waals surface area (Å²) < 4.78 is 10.9. The maximum atomic E-state index is 5.69. The number of rotatable bonds is 5. The van der Waals surface area contributed by atoms with E-state index in [-0.39, 0.29) is 12.1 Å². The Labute approximate surface area is 95.2 Å². The third-order valence-electron chi connectivity index (χ3n) is 2.41. The molecule has 1 fully saturated rings. The Morgan fingerprint density at radius 3 is 3.06 bits per heavy atom. The smallest absolute Gasteiger partial charge is 0.222 e. The molecule has 2 rings (SSSR count). The van der Waals surface area contributed by atoms with E-state index < -0.39 is 0 Å². The minimum absolute atomic E-state index is 0.197. The Morgan fingerprint density at radius 1 is 1.56 bits per heavy atom. The van der Waals surface area contributed by atoms with Crippen LogP contribution in [0.2, 0.25) is 0 Å². The fourth-order valence-corrected chi connectivity index (χ4v) is 1.56. The van der Waals surface area contributed by atoms with E-state index in [1.165, 1.54) is 0 Å². The molecular formula is C11H17N3O2. The SMILES string of the molecule is CC(COC1CCOC1)Nc1ncccn1. The van der Waals surface area contributed by atoms with E-state index in [4.69, 9.17) is 9.47 Å². The number of hydrogen-bond acceptors (Lipinski definition) is 5. The Morgan fingerprint density at radius 2 is 2.38 bits per heavy atom. The van der Waals surface area contributed by atoms with Crippen LogP contribution in [0.1, 0.15) is 13.3 Å². The topological polar surface area (TPSA) is 56.3 Å². The molecular weight excluding hydrogens is 206 g/mol. The largest absolute Gasteiger partial charge is 0.379 e. The molecule has 1 aromatic rings. The second-order valence-corrected chi connectivity index (χ2v) is 3.94. The quantitative estimate of drug-likeness (QED) is 0.809. The van der Waals surface area contributed by atoms with Gasteiger partial charge in [-0.05, 0) is 19.4 Å². The summed E-state index contributed by atoms with van der Waals surface area (Å²) in [7, 11) is 0. The third kappa shape index (κ3) is 3.43. The van der Waals surface area contributed by atoms with Gasteiger partial charge in [0.05, 0.1) is 19.3 Å². The Hall–Kier alpha value is -1.20. The predicted molar refractivity (Wildman–Crippen MR) is 60.3 cm³/mol.